The molecular formula is C24H23F4O3S+. The van der Waals surface area contributed by atoms with Crippen molar-refractivity contribution in [2.45, 2.75) is 33.4 Å². The fourth-order valence-electron chi connectivity index (χ4n) is 2.82. The highest BCUT2D eigenvalue weighted by Gasteiger charge is 2.53. The summed E-state index contributed by atoms with van der Waals surface area (Å²) in [4.78, 5) is 2.87. The van der Waals surface area contributed by atoms with Crippen LogP contribution < -0.4 is 4.74 Å². The van der Waals surface area contributed by atoms with Gasteiger partial charge in [-0.15, -0.1) is 0 Å². The lowest BCUT2D eigenvalue weighted by Crippen LogP contribution is -2.50. The van der Waals surface area contributed by atoms with Gasteiger partial charge in [0.05, 0.1) is 10.9 Å². The molecule has 0 radical (unpaired) electrons. The van der Waals surface area contributed by atoms with Gasteiger partial charge in [0.15, 0.2) is 20.3 Å². The van der Waals surface area contributed by atoms with E-state index in [1.54, 1.807) is 36.4 Å². The van der Waals surface area contributed by atoms with E-state index < -0.39 is 36.1 Å². The molecule has 2 unspecified atom stereocenters. The highest BCUT2D eigenvalue weighted by molar-refractivity contribution is 7.97. The average molecular weight is 468 g/mol. The minimum absolute atomic E-state index is 0.279. The van der Waals surface area contributed by atoms with Crippen LogP contribution in [0.5, 0.6) is 5.75 Å². The van der Waals surface area contributed by atoms with Gasteiger partial charge in [0.25, 0.3) is 0 Å². The quantitative estimate of drug-likeness (QED) is 0.212. The second-order valence-electron chi connectivity index (χ2n) is 7.11. The number of ether oxygens (including phenoxy) is 3. The number of rotatable bonds is 9. The van der Waals surface area contributed by atoms with E-state index in [0.717, 1.165) is 21.6 Å². The zero-order valence-corrected chi connectivity index (χ0v) is 18.4. The molecule has 3 aromatic rings. The predicted molar refractivity (Wildman–Crippen MR) is 114 cm³/mol. The van der Waals surface area contributed by atoms with Gasteiger partial charge in [-0.25, -0.2) is 4.39 Å². The van der Waals surface area contributed by atoms with Gasteiger partial charge in [0, 0.05) is 7.11 Å². The first-order valence-electron chi connectivity index (χ1n) is 9.71. The van der Waals surface area contributed by atoms with Crippen molar-refractivity contribution in [1.29, 1.82) is 0 Å². The van der Waals surface area contributed by atoms with E-state index in [-0.39, 0.29) is 11.6 Å². The van der Waals surface area contributed by atoms with Crippen LogP contribution in [0.15, 0.2) is 93.5 Å². The molecule has 0 aromatic heterocycles. The Bertz CT molecular complexity index is 979. The SMILES string of the molecule is COCOC(C)(COc1ccc([S+](c2ccccc2)c2ccc(F)cc2)cc1)C(F)(F)F. The molecule has 0 aliphatic rings. The van der Waals surface area contributed by atoms with E-state index >= 15 is 0 Å². The van der Waals surface area contributed by atoms with E-state index in [9.17, 15) is 17.6 Å². The van der Waals surface area contributed by atoms with E-state index in [1.807, 2.05) is 30.3 Å². The maximum absolute atomic E-state index is 13.4. The first-order valence-corrected chi connectivity index (χ1v) is 10.9. The van der Waals surface area contributed by atoms with Crippen molar-refractivity contribution in [3.63, 3.8) is 0 Å². The molecule has 3 aromatic carbocycles. The average Bonchev–Trinajstić information content (AvgIpc) is 2.78. The smallest absolute Gasteiger partial charge is 0.420 e. The number of hydrogen-bond donors (Lipinski definition) is 0. The van der Waals surface area contributed by atoms with Crippen molar-refractivity contribution in [3.05, 3.63) is 84.7 Å². The normalized spacial score (nSPS) is 14.6. The Morgan fingerprint density at radius 3 is 1.84 bits per heavy atom. The molecule has 170 valence electrons. The van der Waals surface area contributed by atoms with Crippen LogP contribution in [0.25, 0.3) is 0 Å². The molecule has 3 nitrogen and oxygen atoms in total. The second-order valence-corrected chi connectivity index (χ2v) is 9.14. The summed E-state index contributed by atoms with van der Waals surface area (Å²) in [6.07, 6.45) is -4.63. The van der Waals surface area contributed by atoms with Crippen LogP contribution in [0, 0.1) is 5.82 Å². The number of alkyl halides is 3. The third-order valence-corrected chi connectivity index (χ3v) is 6.93. The zero-order valence-electron chi connectivity index (χ0n) is 17.6. The Kier molecular flexibility index (Phi) is 7.82. The third kappa shape index (κ3) is 5.82. The summed E-state index contributed by atoms with van der Waals surface area (Å²) >= 11 is 0. The van der Waals surface area contributed by atoms with Crippen LogP contribution in [-0.4, -0.2) is 32.3 Å². The van der Waals surface area contributed by atoms with Crippen LogP contribution >= 0.6 is 0 Å². The standard InChI is InChI=1S/C24H23F4O3S/c1-23(24(26,27)28,31-17-29-2)16-30-19-10-14-22(15-11-19)32(20-6-4-3-5-7-20)21-12-8-18(25)9-13-21/h3-15H,16-17H2,1-2H3/q+1. The van der Waals surface area contributed by atoms with Gasteiger partial charge in [0.2, 0.25) is 0 Å². The fourth-order valence-corrected chi connectivity index (χ4v) is 4.89. The Labute approximate surface area is 187 Å². The van der Waals surface area contributed by atoms with Crippen molar-refractivity contribution in [1.82, 2.24) is 0 Å². The van der Waals surface area contributed by atoms with E-state index in [0.29, 0.717) is 0 Å². The maximum Gasteiger partial charge on any atom is 0.420 e. The summed E-state index contributed by atoms with van der Waals surface area (Å²) in [5.41, 5.74) is -2.51. The largest absolute Gasteiger partial charge is 0.490 e. The van der Waals surface area contributed by atoms with Crippen molar-refractivity contribution < 1.29 is 31.8 Å². The molecule has 0 heterocycles. The minimum atomic E-state index is -4.63. The number of hydrogen-bond acceptors (Lipinski definition) is 3. The Hall–Kier alpha value is -2.55. The van der Waals surface area contributed by atoms with Crippen molar-refractivity contribution >= 4 is 10.9 Å². The molecular weight excluding hydrogens is 444 g/mol. The van der Waals surface area contributed by atoms with E-state index in [4.69, 9.17) is 9.47 Å². The Morgan fingerprint density at radius 1 is 0.781 bits per heavy atom. The highest BCUT2D eigenvalue weighted by atomic mass is 32.2. The van der Waals surface area contributed by atoms with Gasteiger partial charge in [-0.05, 0) is 67.6 Å². The van der Waals surface area contributed by atoms with E-state index in [1.165, 1.54) is 19.2 Å². The number of methoxy groups -OCH3 is 1. The predicted octanol–water partition coefficient (Wildman–Crippen LogP) is 6.24. The number of benzene rings is 3. The molecule has 0 saturated heterocycles. The zero-order chi connectivity index (χ0) is 23.2. The molecule has 0 spiro atoms. The third-order valence-electron chi connectivity index (χ3n) is 4.70. The fraction of sp³-hybridized carbons (Fsp3) is 0.250. The summed E-state index contributed by atoms with van der Waals surface area (Å²) < 4.78 is 68.6. The van der Waals surface area contributed by atoms with Crippen LogP contribution in [0.3, 0.4) is 0 Å². The molecule has 0 amide bonds. The van der Waals surface area contributed by atoms with Crippen LogP contribution in [-0.2, 0) is 20.4 Å². The monoisotopic (exact) mass is 467 g/mol. The maximum atomic E-state index is 13.4. The molecule has 0 saturated carbocycles. The van der Waals surface area contributed by atoms with Crippen molar-refractivity contribution in [2.75, 3.05) is 20.5 Å². The summed E-state index contributed by atoms with van der Waals surface area (Å²) in [5, 5.41) is 0. The topological polar surface area (TPSA) is 27.7 Å². The molecule has 0 N–H and O–H groups in total. The van der Waals surface area contributed by atoms with Gasteiger partial charge >= 0.3 is 6.18 Å². The summed E-state index contributed by atoms with van der Waals surface area (Å²) in [7, 11) is 0.737. The summed E-state index contributed by atoms with van der Waals surface area (Å²) in [5.74, 6) is -0.0431. The second kappa shape index (κ2) is 10.4. The molecule has 0 fully saturated rings. The van der Waals surface area contributed by atoms with Crippen LogP contribution in [0.4, 0.5) is 17.6 Å². The Morgan fingerprint density at radius 2 is 1.31 bits per heavy atom. The van der Waals surface area contributed by atoms with Gasteiger partial charge in [-0.2, -0.15) is 13.2 Å². The Balaban J connectivity index is 1.82. The minimum Gasteiger partial charge on any atom is -0.490 e. The van der Waals surface area contributed by atoms with Gasteiger partial charge in [-0.3, -0.25) is 0 Å². The molecule has 8 heteroatoms. The van der Waals surface area contributed by atoms with Gasteiger partial charge in [-0.1, -0.05) is 18.2 Å². The van der Waals surface area contributed by atoms with E-state index in [2.05, 4.69) is 4.74 Å². The lowest BCUT2D eigenvalue weighted by Gasteiger charge is -2.31. The summed E-state index contributed by atoms with van der Waals surface area (Å²) in [6.45, 7) is -0.306. The van der Waals surface area contributed by atoms with Gasteiger partial charge < -0.3 is 14.2 Å². The van der Waals surface area contributed by atoms with Crippen molar-refractivity contribution in [2.24, 2.45) is 0 Å². The molecule has 3 rings (SSSR count). The lowest BCUT2D eigenvalue weighted by atomic mass is 10.1. The first-order chi connectivity index (χ1) is 15.2. The molecule has 32 heavy (non-hydrogen) atoms. The van der Waals surface area contributed by atoms with Crippen molar-refractivity contribution in [3.8, 4) is 5.75 Å². The molecule has 0 aliphatic heterocycles. The van der Waals surface area contributed by atoms with Crippen LogP contribution in [0.1, 0.15) is 6.92 Å². The first kappa shape index (κ1) is 24.1. The van der Waals surface area contributed by atoms with Gasteiger partial charge in [0.1, 0.15) is 25.0 Å². The lowest BCUT2D eigenvalue weighted by molar-refractivity contribution is -0.296. The highest BCUT2D eigenvalue weighted by Crippen LogP contribution is 2.35. The number of halogens is 4. The van der Waals surface area contributed by atoms with Crippen LogP contribution in [0.2, 0.25) is 0 Å². The molecule has 0 bridgehead atoms. The molecule has 0 aliphatic carbocycles. The molecule has 2 atom stereocenters. The summed E-state index contributed by atoms with van der Waals surface area (Å²) in [6, 6.07) is 22.9.